The predicted octanol–water partition coefficient (Wildman–Crippen LogP) is 6.01. The summed E-state index contributed by atoms with van der Waals surface area (Å²) >= 11 is 0. The minimum absolute atomic E-state index is 0.215. The number of rotatable bonds is 16. The molecule has 2 aliphatic carbocycles. The van der Waals surface area contributed by atoms with Crippen molar-refractivity contribution in [3.63, 3.8) is 0 Å². The summed E-state index contributed by atoms with van der Waals surface area (Å²) in [6, 6.07) is 0. The molecule has 3 N–H and O–H groups in total. The molecule has 0 aromatic rings. The lowest BCUT2D eigenvalue weighted by atomic mass is 9.88. The molecule has 174 valence electrons. The van der Waals surface area contributed by atoms with Crippen LogP contribution < -0.4 is 5.32 Å². The molecule has 0 radical (unpaired) electrons. The predicted molar refractivity (Wildman–Crippen MR) is 128 cm³/mol. The number of aliphatic hydroxyl groups excluding tert-OH is 2. The maximum atomic E-state index is 10.6. The van der Waals surface area contributed by atoms with E-state index in [1.54, 1.807) is 5.57 Å². The minimum atomic E-state index is -0.372. The van der Waals surface area contributed by atoms with Crippen molar-refractivity contribution in [2.24, 2.45) is 23.7 Å². The fourth-order valence-corrected chi connectivity index (χ4v) is 5.41. The lowest BCUT2D eigenvalue weighted by molar-refractivity contribution is 0.139. The number of fused-ring (bicyclic) bond motifs is 1. The van der Waals surface area contributed by atoms with Crippen molar-refractivity contribution >= 4 is 0 Å². The van der Waals surface area contributed by atoms with Gasteiger partial charge in [0.05, 0.1) is 12.2 Å². The Bertz CT molecular complexity index is 515. The van der Waals surface area contributed by atoms with Crippen LogP contribution in [0.25, 0.3) is 0 Å². The first-order chi connectivity index (χ1) is 14.5. The van der Waals surface area contributed by atoms with Crippen LogP contribution >= 0.6 is 0 Å². The summed E-state index contributed by atoms with van der Waals surface area (Å²) < 4.78 is 0. The van der Waals surface area contributed by atoms with E-state index in [1.165, 1.54) is 57.8 Å². The van der Waals surface area contributed by atoms with E-state index in [4.69, 9.17) is 0 Å². The van der Waals surface area contributed by atoms with Crippen LogP contribution in [0.1, 0.15) is 97.8 Å². The summed E-state index contributed by atoms with van der Waals surface area (Å²) in [6.45, 7) is 9.01. The third-order valence-electron chi connectivity index (χ3n) is 7.26. The number of hydrogen-bond donors (Lipinski definition) is 3. The second kappa shape index (κ2) is 14.4. The molecule has 0 unspecified atom stereocenters. The molecular weight excluding hydrogens is 370 g/mol. The number of unbranched alkanes of at least 4 members (excludes halogenated alkanes) is 4. The molecular formula is C27H49NO2. The minimum Gasteiger partial charge on any atom is -0.392 e. The maximum absolute atomic E-state index is 10.6. The maximum Gasteiger partial charge on any atom is 0.0723 e. The molecule has 1 fully saturated rings. The van der Waals surface area contributed by atoms with E-state index in [-0.39, 0.29) is 18.1 Å². The highest BCUT2D eigenvalue weighted by molar-refractivity contribution is 5.21. The van der Waals surface area contributed by atoms with Crippen LogP contribution in [0.5, 0.6) is 0 Å². The second-order valence-electron chi connectivity index (χ2n) is 10.1. The summed E-state index contributed by atoms with van der Waals surface area (Å²) in [6.07, 6.45) is 20.2. The third kappa shape index (κ3) is 8.85. The molecule has 2 aliphatic rings. The Kier molecular flexibility index (Phi) is 12.3. The van der Waals surface area contributed by atoms with Crippen molar-refractivity contribution in [2.45, 2.75) is 110 Å². The zero-order chi connectivity index (χ0) is 21.8. The quantitative estimate of drug-likeness (QED) is 0.212. The van der Waals surface area contributed by atoms with E-state index in [0.29, 0.717) is 17.8 Å². The molecule has 30 heavy (non-hydrogen) atoms. The average molecular weight is 420 g/mol. The summed E-state index contributed by atoms with van der Waals surface area (Å²) in [4.78, 5) is 0. The lowest BCUT2D eigenvalue weighted by Crippen LogP contribution is -2.18. The van der Waals surface area contributed by atoms with E-state index >= 15 is 0 Å². The topological polar surface area (TPSA) is 52.5 Å². The first kappa shape index (κ1) is 25.6. The normalized spacial score (nSPS) is 28.1. The van der Waals surface area contributed by atoms with Gasteiger partial charge in [-0.05, 0) is 75.8 Å². The standard InChI is InChI=1S/C27H49NO2/c1-4-6-11-21(3)17-24(29)13-14-25-26-19-22(18-23(26)20-27(25)30)12-9-8-10-16-28-15-7-5-2/h13-14,18,21,23-30H,4-12,15-17,19-20H2,1-3H3/t21-,23-,24+,25+,26-,27+/m0/s1. The molecule has 1 saturated carbocycles. The van der Waals surface area contributed by atoms with Crippen molar-refractivity contribution in [2.75, 3.05) is 13.1 Å². The molecule has 0 bridgehead atoms. The summed E-state index contributed by atoms with van der Waals surface area (Å²) in [7, 11) is 0. The SMILES string of the molecule is CCCCNCCCCCC1=C[C@H]2C[C@@H](O)[C@H](C=C[C@@H](O)C[C@@H](C)CCCC)[C@H]2C1. The lowest BCUT2D eigenvalue weighted by Gasteiger charge is -2.19. The number of allylic oxidation sites excluding steroid dienone is 2. The Balaban J connectivity index is 1.68. The Morgan fingerprint density at radius 2 is 1.87 bits per heavy atom. The Labute approximate surface area is 186 Å². The number of nitrogens with one attached hydrogen (secondary N) is 1. The van der Waals surface area contributed by atoms with Crippen LogP contribution in [0.3, 0.4) is 0 Å². The highest BCUT2D eigenvalue weighted by atomic mass is 16.3. The van der Waals surface area contributed by atoms with Crippen LogP contribution in [0.2, 0.25) is 0 Å². The smallest absolute Gasteiger partial charge is 0.0723 e. The van der Waals surface area contributed by atoms with E-state index < -0.39 is 0 Å². The molecule has 0 amide bonds. The van der Waals surface area contributed by atoms with Crippen molar-refractivity contribution < 1.29 is 10.2 Å². The average Bonchev–Trinajstić information content (AvgIpc) is 3.23. The van der Waals surface area contributed by atoms with Crippen molar-refractivity contribution in [3.8, 4) is 0 Å². The molecule has 3 heteroatoms. The molecule has 3 nitrogen and oxygen atoms in total. The third-order valence-corrected chi connectivity index (χ3v) is 7.26. The summed E-state index contributed by atoms with van der Waals surface area (Å²) in [5, 5.41) is 24.5. The van der Waals surface area contributed by atoms with Gasteiger partial charge in [-0.1, -0.05) is 76.7 Å². The van der Waals surface area contributed by atoms with E-state index in [2.05, 4.69) is 38.2 Å². The zero-order valence-corrected chi connectivity index (χ0v) is 20.0. The zero-order valence-electron chi connectivity index (χ0n) is 20.0. The van der Waals surface area contributed by atoms with Gasteiger partial charge in [-0.2, -0.15) is 0 Å². The van der Waals surface area contributed by atoms with Crippen LogP contribution in [0, 0.1) is 23.7 Å². The van der Waals surface area contributed by atoms with E-state index in [0.717, 1.165) is 32.4 Å². The fraction of sp³-hybridized carbons (Fsp3) is 0.852. The monoisotopic (exact) mass is 419 g/mol. The summed E-state index contributed by atoms with van der Waals surface area (Å²) in [5.74, 6) is 1.87. The first-order valence-electron chi connectivity index (χ1n) is 13.0. The second-order valence-corrected chi connectivity index (χ2v) is 10.1. The first-order valence-corrected chi connectivity index (χ1v) is 13.0. The van der Waals surface area contributed by atoms with Crippen LogP contribution in [0.15, 0.2) is 23.8 Å². The highest BCUT2D eigenvalue weighted by Crippen LogP contribution is 2.48. The van der Waals surface area contributed by atoms with E-state index in [1.807, 2.05) is 6.08 Å². The molecule has 0 aliphatic heterocycles. The molecule has 0 heterocycles. The molecule has 6 atom stereocenters. The molecule has 2 rings (SSSR count). The Morgan fingerprint density at radius 1 is 1.10 bits per heavy atom. The summed E-state index contributed by atoms with van der Waals surface area (Å²) in [5.41, 5.74) is 1.61. The molecule has 0 saturated heterocycles. The van der Waals surface area contributed by atoms with E-state index in [9.17, 15) is 10.2 Å². The van der Waals surface area contributed by atoms with Gasteiger partial charge in [0.15, 0.2) is 0 Å². The van der Waals surface area contributed by atoms with Gasteiger partial charge < -0.3 is 15.5 Å². The van der Waals surface area contributed by atoms with Gasteiger partial charge in [-0.3, -0.25) is 0 Å². The van der Waals surface area contributed by atoms with Gasteiger partial charge in [-0.25, -0.2) is 0 Å². The van der Waals surface area contributed by atoms with Crippen molar-refractivity contribution in [1.82, 2.24) is 5.32 Å². The van der Waals surface area contributed by atoms with Gasteiger partial charge in [0.2, 0.25) is 0 Å². The van der Waals surface area contributed by atoms with Crippen LogP contribution in [-0.4, -0.2) is 35.5 Å². The van der Waals surface area contributed by atoms with Gasteiger partial charge in [0.1, 0.15) is 0 Å². The van der Waals surface area contributed by atoms with Gasteiger partial charge in [-0.15, -0.1) is 0 Å². The molecule has 0 spiro atoms. The van der Waals surface area contributed by atoms with Gasteiger partial charge in [0.25, 0.3) is 0 Å². The van der Waals surface area contributed by atoms with Crippen molar-refractivity contribution in [3.05, 3.63) is 23.8 Å². The molecule has 0 aromatic heterocycles. The fourth-order valence-electron chi connectivity index (χ4n) is 5.41. The Morgan fingerprint density at radius 3 is 2.63 bits per heavy atom. The van der Waals surface area contributed by atoms with Gasteiger partial charge >= 0.3 is 0 Å². The van der Waals surface area contributed by atoms with Crippen LogP contribution in [0.4, 0.5) is 0 Å². The highest BCUT2D eigenvalue weighted by Gasteiger charge is 2.43. The van der Waals surface area contributed by atoms with Crippen LogP contribution in [-0.2, 0) is 0 Å². The van der Waals surface area contributed by atoms with Gasteiger partial charge in [0, 0.05) is 5.92 Å². The molecule has 0 aromatic carbocycles. The van der Waals surface area contributed by atoms with Crippen molar-refractivity contribution in [1.29, 1.82) is 0 Å². The number of aliphatic hydroxyl groups is 2. The Hall–Kier alpha value is -0.640. The largest absolute Gasteiger partial charge is 0.392 e. The number of hydrogen-bond acceptors (Lipinski definition) is 3.